The Bertz CT molecular complexity index is 656. The molecule has 1 heterocycles. The van der Waals surface area contributed by atoms with Gasteiger partial charge in [-0.2, -0.15) is 5.10 Å². The average Bonchev–Trinajstić information content (AvgIpc) is 2.93. The first kappa shape index (κ1) is 14.9. The number of hydrogen-bond acceptors (Lipinski definition) is 4. The molecule has 0 spiro atoms. The van der Waals surface area contributed by atoms with Gasteiger partial charge in [0.25, 0.3) is 5.69 Å². The van der Waals surface area contributed by atoms with Gasteiger partial charge in [0.05, 0.1) is 11.1 Å². The van der Waals surface area contributed by atoms with Crippen LogP contribution in [0.5, 0.6) is 0 Å². The van der Waals surface area contributed by atoms with Gasteiger partial charge in [-0.15, -0.1) is 0 Å². The molecule has 7 nitrogen and oxygen atoms in total. The summed E-state index contributed by atoms with van der Waals surface area (Å²) in [6.07, 6.45) is 3.70. The Labute approximate surface area is 127 Å². The monoisotopic (exact) mass is 305 g/mol. The number of nitro benzene ring substituents is 1. The van der Waals surface area contributed by atoms with Crippen LogP contribution in [0.3, 0.4) is 0 Å². The van der Waals surface area contributed by atoms with Crippen LogP contribution in [-0.2, 0) is 13.1 Å². The van der Waals surface area contributed by atoms with Crippen LogP contribution in [0.2, 0.25) is 0 Å². The van der Waals surface area contributed by atoms with Gasteiger partial charge >= 0.3 is 0 Å². The van der Waals surface area contributed by atoms with E-state index in [-0.39, 0.29) is 5.69 Å². The van der Waals surface area contributed by atoms with E-state index in [9.17, 15) is 10.1 Å². The van der Waals surface area contributed by atoms with Crippen LogP contribution >= 0.6 is 12.2 Å². The fourth-order valence-corrected chi connectivity index (χ4v) is 1.92. The fourth-order valence-electron chi connectivity index (χ4n) is 1.73. The second kappa shape index (κ2) is 6.80. The SMILES string of the molecule is CCn1cc(CNC(=S)Nc2cccc([N+](=O)[O-])c2)cn1. The van der Waals surface area contributed by atoms with Crippen LogP contribution < -0.4 is 10.6 Å². The van der Waals surface area contributed by atoms with Gasteiger partial charge in [0, 0.05) is 42.7 Å². The zero-order chi connectivity index (χ0) is 15.2. The summed E-state index contributed by atoms with van der Waals surface area (Å²) in [7, 11) is 0. The zero-order valence-corrected chi connectivity index (χ0v) is 12.3. The lowest BCUT2D eigenvalue weighted by Gasteiger charge is -2.09. The highest BCUT2D eigenvalue weighted by Crippen LogP contribution is 2.16. The lowest BCUT2D eigenvalue weighted by atomic mass is 10.3. The first-order valence-corrected chi connectivity index (χ1v) is 6.80. The minimum absolute atomic E-state index is 0.0204. The maximum atomic E-state index is 10.7. The van der Waals surface area contributed by atoms with Crippen molar-refractivity contribution in [2.75, 3.05) is 5.32 Å². The van der Waals surface area contributed by atoms with E-state index < -0.39 is 4.92 Å². The summed E-state index contributed by atoms with van der Waals surface area (Å²) in [5.74, 6) is 0. The van der Waals surface area contributed by atoms with Crippen LogP contribution in [0.1, 0.15) is 12.5 Å². The molecule has 0 saturated carbocycles. The zero-order valence-electron chi connectivity index (χ0n) is 11.4. The summed E-state index contributed by atoms with van der Waals surface area (Å²) < 4.78 is 1.83. The Kier molecular flexibility index (Phi) is 4.83. The number of rotatable bonds is 5. The van der Waals surface area contributed by atoms with E-state index in [2.05, 4.69) is 15.7 Å². The minimum atomic E-state index is -0.444. The first-order chi connectivity index (χ1) is 10.1. The molecular weight excluding hydrogens is 290 g/mol. The van der Waals surface area contributed by atoms with Crippen molar-refractivity contribution in [2.45, 2.75) is 20.0 Å². The molecule has 110 valence electrons. The van der Waals surface area contributed by atoms with Crippen molar-refractivity contribution < 1.29 is 4.92 Å². The van der Waals surface area contributed by atoms with E-state index >= 15 is 0 Å². The van der Waals surface area contributed by atoms with Crippen LogP contribution in [0.4, 0.5) is 11.4 Å². The molecule has 0 unspecified atom stereocenters. The van der Waals surface area contributed by atoms with E-state index in [1.165, 1.54) is 12.1 Å². The first-order valence-electron chi connectivity index (χ1n) is 6.39. The number of nitro groups is 1. The molecule has 0 radical (unpaired) electrons. The Morgan fingerprint density at radius 3 is 3.00 bits per heavy atom. The van der Waals surface area contributed by atoms with Crippen LogP contribution in [0, 0.1) is 10.1 Å². The number of thiocarbonyl (C=S) groups is 1. The fraction of sp³-hybridized carbons (Fsp3) is 0.231. The molecule has 8 heteroatoms. The van der Waals surface area contributed by atoms with Gasteiger partial charge in [0.2, 0.25) is 0 Å². The Morgan fingerprint density at radius 2 is 2.33 bits per heavy atom. The highest BCUT2D eigenvalue weighted by molar-refractivity contribution is 7.80. The third-order valence-electron chi connectivity index (χ3n) is 2.78. The molecule has 1 aromatic carbocycles. The second-order valence-corrected chi connectivity index (χ2v) is 4.73. The smallest absolute Gasteiger partial charge is 0.271 e. The predicted molar refractivity (Wildman–Crippen MR) is 84.1 cm³/mol. The number of hydrogen-bond donors (Lipinski definition) is 2. The number of nitrogens with one attached hydrogen (secondary N) is 2. The number of anilines is 1. The maximum absolute atomic E-state index is 10.7. The second-order valence-electron chi connectivity index (χ2n) is 4.32. The Hall–Kier alpha value is -2.48. The van der Waals surface area contributed by atoms with Crippen LogP contribution in [-0.4, -0.2) is 19.8 Å². The molecule has 0 atom stereocenters. The molecule has 1 aromatic heterocycles. The van der Waals surface area contributed by atoms with Crippen LogP contribution in [0.25, 0.3) is 0 Å². The standard InChI is InChI=1S/C13H15N5O2S/c1-2-17-9-10(8-15-17)7-14-13(21)16-11-4-3-5-12(6-11)18(19)20/h3-6,8-9H,2,7H2,1H3,(H2,14,16,21). The minimum Gasteiger partial charge on any atom is -0.358 e. The number of aryl methyl sites for hydroxylation is 1. The molecule has 2 aromatic rings. The lowest BCUT2D eigenvalue weighted by Crippen LogP contribution is -2.27. The van der Waals surface area contributed by atoms with Gasteiger partial charge < -0.3 is 10.6 Å². The largest absolute Gasteiger partial charge is 0.358 e. The van der Waals surface area contributed by atoms with Crippen molar-refractivity contribution in [3.8, 4) is 0 Å². The van der Waals surface area contributed by atoms with Crippen molar-refractivity contribution in [3.05, 3.63) is 52.3 Å². The van der Waals surface area contributed by atoms with Crippen LogP contribution in [0.15, 0.2) is 36.7 Å². The molecule has 0 saturated heterocycles. The van der Waals surface area contributed by atoms with Crippen molar-refractivity contribution in [3.63, 3.8) is 0 Å². The quantitative estimate of drug-likeness (QED) is 0.501. The number of aromatic nitrogens is 2. The van der Waals surface area contributed by atoms with Crippen molar-refractivity contribution >= 4 is 28.7 Å². The highest BCUT2D eigenvalue weighted by Gasteiger charge is 2.06. The molecule has 0 aliphatic rings. The summed E-state index contributed by atoms with van der Waals surface area (Å²) in [4.78, 5) is 10.3. The molecule has 0 aliphatic carbocycles. The van der Waals surface area contributed by atoms with Crippen molar-refractivity contribution in [1.82, 2.24) is 15.1 Å². The molecule has 0 bridgehead atoms. The van der Waals surface area contributed by atoms with Gasteiger partial charge in [-0.25, -0.2) is 0 Å². The maximum Gasteiger partial charge on any atom is 0.271 e. The van der Waals surface area contributed by atoms with Gasteiger partial charge in [0.15, 0.2) is 5.11 Å². The van der Waals surface area contributed by atoms with E-state index in [1.807, 2.05) is 17.8 Å². The van der Waals surface area contributed by atoms with E-state index in [4.69, 9.17) is 12.2 Å². The van der Waals surface area contributed by atoms with Gasteiger partial charge in [0.1, 0.15) is 0 Å². The van der Waals surface area contributed by atoms with E-state index in [0.717, 1.165) is 12.1 Å². The van der Waals surface area contributed by atoms with Gasteiger partial charge in [-0.3, -0.25) is 14.8 Å². The predicted octanol–water partition coefficient (Wildman–Crippen LogP) is 2.30. The number of non-ortho nitro benzene ring substituents is 1. The number of nitrogens with zero attached hydrogens (tertiary/aromatic N) is 3. The topological polar surface area (TPSA) is 85.0 Å². The molecule has 0 fully saturated rings. The van der Waals surface area contributed by atoms with Crippen molar-refractivity contribution in [2.24, 2.45) is 0 Å². The average molecular weight is 305 g/mol. The number of benzene rings is 1. The molecular formula is C13H15N5O2S. The highest BCUT2D eigenvalue weighted by atomic mass is 32.1. The third-order valence-corrected chi connectivity index (χ3v) is 3.03. The summed E-state index contributed by atoms with van der Waals surface area (Å²) in [6, 6.07) is 6.19. The Balaban J connectivity index is 1.89. The summed E-state index contributed by atoms with van der Waals surface area (Å²) in [5.41, 5.74) is 1.61. The lowest BCUT2D eigenvalue weighted by molar-refractivity contribution is -0.384. The molecule has 2 rings (SSSR count). The molecule has 2 N–H and O–H groups in total. The molecule has 21 heavy (non-hydrogen) atoms. The summed E-state index contributed by atoms with van der Waals surface area (Å²) >= 11 is 5.16. The molecule has 0 aliphatic heterocycles. The Morgan fingerprint density at radius 1 is 1.52 bits per heavy atom. The van der Waals surface area contributed by atoms with E-state index in [0.29, 0.717) is 17.3 Å². The summed E-state index contributed by atoms with van der Waals surface area (Å²) in [5, 5.41) is 21.2. The third kappa shape index (κ3) is 4.25. The van der Waals surface area contributed by atoms with Gasteiger partial charge in [-0.05, 0) is 25.2 Å². The van der Waals surface area contributed by atoms with Crippen molar-refractivity contribution in [1.29, 1.82) is 0 Å². The molecule has 0 amide bonds. The van der Waals surface area contributed by atoms with E-state index in [1.54, 1.807) is 18.3 Å². The summed E-state index contributed by atoms with van der Waals surface area (Å²) in [6.45, 7) is 3.37. The normalized spacial score (nSPS) is 10.1. The van der Waals surface area contributed by atoms with Gasteiger partial charge in [-0.1, -0.05) is 6.07 Å².